The summed E-state index contributed by atoms with van der Waals surface area (Å²) in [5.74, 6) is 0.695. The maximum absolute atomic E-state index is 13.1. The zero-order chi connectivity index (χ0) is 24.1. The minimum atomic E-state index is -0.221. The van der Waals surface area contributed by atoms with Crippen molar-refractivity contribution in [2.75, 3.05) is 37.6 Å². The summed E-state index contributed by atoms with van der Waals surface area (Å²) in [6.07, 6.45) is 0.863. The maximum atomic E-state index is 13.1. The molecule has 4 rings (SSSR count). The second-order valence-electron chi connectivity index (χ2n) is 8.39. The van der Waals surface area contributed by atoms with E-state index in [1.807, 2.05) is 49.1 Å². The van der Waals surface area contributed by atoms with E-state index in [1.54, 1.807) is 24.3 Å². The lowest BCUT2D eigenvalue weighted by Crippen LogP contribution is -2.49. The van der Waals surface area contributed by atoms with Crippen molar-refractivity contribution in [2.24, 2.45) is 0 Å². The highest BCUT2D eigenvalue weighted by Crippen LogP contribution is 2.27. The normalized spacial score (nSPS) is 13.6. The molecule has 34 heavy (non-hydrogen) atoms. The van der Waals surface area contributed by atoms with Crippen molar-refractivity contribution in [2.45, 2.75) is 20.3 Å². The molecule has 2 aromatic carbocycles. The van der Waals surface area contributed by atoms with E-state index in [1.165, 1.54) is 0 Å². The monoisotopic (exact) mass is 459 g/mol. The molecule has 176 valence electrons. The van der Waals surface area contributed by atoms with Gasteiger partial charge >= 0.3 is 0 Å². The van der Waals surface area contributed by atoms with E-state index in [-0.39, 0.29) is 17.6 Å². The molecule has 0 saturated carbocycles. The number of carbonyl (C=O) groups is 2. The van der Waals surface area contributed by atoms with E-state index in [0.29, 0.717) is 49.8 Å². The molecule has 1 fully saturated rings. The fraction of sp³-hybridized carbons (Fsp3) is 0.308. The first-order valence-corrected chi connectivity index (χ1v) is 11.5. The first kappa shape index (κ1) is 23.2. The Bertz CT molecular complexity index is 1170. The fourth-order valence-electron chi connectivity index (χ4n) is 4.06. The fourth-order valence-corrected chi connectivity index (χ4v) is 4.06. The Labute approximate surface area is 199 Å². The highest BCUT2D eigenvalue weighted by molar-refractivity contribution is 5.95. The predicted octanol–water partition coefficient (Wildman–Crippen LogP) is 3.26. The van der Waals surface area contributed by atoms with Gasteiger partial charge in [0.15, 0.2) is 11.5 Å². The van der Waals surface area contributed by atoms with Crippen LogP contribution in [0.25, 0.3) is 11.1 Å². The second-order valence-corrected chi connectivity index (χ2v) is 8.39. The number of nitrogens with zero attached hydrogens (tertiary/aromatic N) is 4. The number of anilines is 1. The topological polar surface area (TPSA) is 98.7 Å². The van der Waals surface area contributed by atoms with Crippen molar-refractivity contribution in [1.29, 1.82) is 0 Å². The lowest BCUT2D eigenvalue weighted by atomic mass is 9.98. The van der Waals surface area contributed by atoms with Crippen LogP contribution in [0.3, 0.4) is 0 Å². The minimum Gasteiger partial charge on any atom is -0.508 e. The Kier molecular flexibility index (Phi) is 7.06. The maximum Gasteiger partial charge on any atom is 0.271 e. The van der Waals surface area contributed by atoms with Crippen molar-refractivity contribution < 1.29 is 14.7 Å². The SMILES string of the molecule is CCCNC(=O)c1ccc(N2CCN(C(=O)c3ccc(-c4cccc(O)c4)c(C)c3)CC2)nn1. The highest BCUT2D eigenvalue weighted by Gasteiger charge is 2.24. The Morgan fingerprint density at radius 2 is 1.79 bits per heavy atom. The van der Waals surface area contributed by atoms with Gasteiger partial charge in [0.1, 0.15) is 5.75 Å². The molecule has 0 unspecified atom stereocenters. The third kappa shape index (κ3) is 5.17. The van der Waals surface area contributed by atoms with Crippen molar-refractivity contribution >= 4 is 17.6 Å². The third-order valence-electron chi connectivity index (χ3n) is 5.94. The van der Waals surface area contributed by atoms with Gasteiger partial charge in [-0.2, -0.15) is 0 Å². The smallest absolute Gasteiger partial charge is 0.271 e. The highest BCUT2D eigenvalue weighted by atomic mass is 16.3. The van der Waals surface area contributed by atoms with Crippen molar-refractivity contribution in [3.63, 3.8) is 0 Å². The molecular formula is C26H29N5O3. The molecule has 0 spiro atoms. The Morgan fingerprint density at radius 3 is 2.44 bits per heavy atom. The Hall–Kier alpha value is -3.94. The molecule has 0 bridgehead atoms. The van der Waals surface area contributed by atoms with Gasteiger partial charge < -0.3 is 20.2 Å². The molecular weight excluding hydrogens is 430 g/mol. The van der Waals surface area contributed by atoms with E-state index >= 15 is 0 Å². The second kappa shape index (κ2) is 10.3. The number of rotatable bonds is 6. The molecule has 1 saturated heterocycles. The molecule has 3 aromatic rings. The lowest BCUT2D eigenvalue weighted by Gasteiger charge is -2.35. The summed E-state index contributed by atoms with van der Waals surface area (Å²) >= 11 is 0. The van der Waals surface area contributed by atoms with Gasteiger partial charge in [-0.05, 0) is 66.4 Å². The van der Waals surface area contributed by atoms with Crippen LogP contribution in [0, 0.1) is 6.92 Å². The number of hydrogen-bond donors (Lipinski definition) is 2. The van der Waals surface area contributed by atoms with Crippen LogP contribution >= 0.6 is 0 Å². The summed E-state index contributed by atoms with van der Waals surface area (Å²) < 4.78 is 0. The number of benzene rings is 2. The lowest BCUT2D eigenvalue weighted by molar-refractivity contribution is 0.0746. The zero-order valence-corrected chi connectivity index (χ0v) is 19.5. The van der Waals surface area contributed by atoms with Gasteiger partial charge in [0, 0.05) is 38.3 Å². The van der Waals surface area contributed by atoms with E-state index in [9.17, 15) is 14.7 Å². The molecule has 8 nitrogen and oxygen atoms in total. The van der Waals surface area contributed by atoms with E-state index in [0.717, 1.165) is 23.1 Å². The van der Waals surface area contributed by atoms with Gasteiger partial charge in [-0.1, -0.05) is 25.1 Å². The number of aromatic hydroxyl groups is 1. The van der Waals surface area contributed by atoms with Gasteiger partial charge in [-0.3, -0.25) is 9.59 Å². The number of piperazine rings is 1. The number of phenolic OH excluding ortho intramolecular Hbond substituents is 1. The summed E-state index contributed by atoms with van der Waals surface area (Å²) in [7, 11) is 0. The Balaban J connectivity index is 1.37. The summed E-state index contributed by atoms with van der Waals surface area (Å²) in [6, 6.07) is 16.3. The van der Waals surface area contributed by atoms with Crippen LogP contribution in [0.1, 0.15) is 39.8 Å². The number of aromatic nitrogens is 2. The van der Waals surface area contributed by atoms with Crippen LogP contribution in [0.4, 0.5) is 5.82 Å². The van der Waals surface area contributed by atoms with Gasteiger partial charge in [-0.15, -0.1) is 10.2 Å². The van der Waals surface area contributed by atoms with Gasteiger partial charge in [0.25, 0.3) is 11.8 Å². The number of nitrogens with one attached hydrogen (secondary N) is 1. The number of phenols is 1. The predicted molar refractivity (Wildman–Crippen MR) is 131 cm³/mol. The standard InChI is InChI=1S/C26H29N5O3/c1-3-11-27-25(33)23-9-10-24(29-28-23)30-12-14-31(15-13-30)26(34)20-7-8-22(18(2)16-20)19-5-4-6-21(32)17-19/h4-10,16-17,32H,3,11-15H2,1-2H3,(H,27,33). The summed E-state index contributed by atoms with van der Waals surface area (Å²) in [4.78, 5) is 29.0. The molecule has 1 aliphatic heterocycles. The first-order valence-electron chi connectivity index (χ1n) is 11.5. The molecule has 1 aromatic heterocycles. The number of hydrogen-bond acceptors (Lipinski definition) is 6. The Morgan fingerprint density at radius 1 is 1.00 bits per heavy atom. The van der Waals surface area contributed by atoms with E-state index in [2.05, 4.69) is 20.4 Å². The number of carbonyl (C=O) groups excluding carboxylic acids is 2. The van der Waals surface area contributed by atoms with Crippen LogP contribution in [-0.4, -0.2) is 64.7 Å². The summed E-state index contributed by atoms with van der Waals surface area (Å²) in [6.45, 7) is 7.01. The average molecular weight is 460 g/mol. The van der Waals surface area contributed by atoms with Crippen molar-refractivity contribution in [1.82, 2.24) is 20.4 Å². The van der Waals surface area contributed by atoms with Crippen LogP contribution in [0.15, 0.2) is 54.6 Å². The third-order valence-corrected chi connectivity index (χ3v) is 5.94. The average Bonchev–Trinajstić information content (AvgIpc) is 2.87. The van der Waals surface area contributed by atoms with Crippen LogP contribution in [0.5, 0.6) is 5.75 Å². The van der Waals surface area contributed by atoms with Gasteiger partial charge in [-0.25, -0.2) is 0 Å². The summed E-state index contributed by atoms with van der Waals surface area (Å²) in [5.41, 5.74) is 3.84. The van der Waals surface area contributed by atoms with Crippen LogP contribution < -0.4 is 10.2 Å². The summed E-state index contributed by atoms with van der Waals surface area (Å²) in [5, 5.41) is 20.8. The van der Waals surface area contributed by atoms with Gasteiger partial charge in [0.2, 0.25) is 0 Å². The largest absolute Gasteiger partial charge is 0.508 e. The zero-order valence-electron chi connectivity index (χ0n) is 19.5. The number of amides is 2. The van der Waals surface area contributed by atoms with Crippen molar-refractivity contribution in [3.05, 3.63) is 71.4 Å². The molecule has 1 aliphatic rings. The van der Waals surface area contributed by atoms with Crippen molar-refractivity contribution in [3.8, 4) is 16.9 Å². The molecule has 2 N–H and O–H groups in total. The van der Waals surface area contributed by atoms with Gasteiger partial charge in [0.05, 0.1) is 0 Å². The quantitative estimate of drug-likeness (QED) is 0.587. The molecule has 2 heterocycles. The van der Waals surface area contributed by atoms with E-state index < -0.39 is 0 Å². The van der Waals surface area contributed by atoms with Crippen LogP contribution in [0.2, 0.25) is 0 Å². The van der Waals surface area contributed by atoms with Crippen LogP contribution in [-0.2, 0) is 0 Å². The minimum absolute atomic E-state index is 0.000707. The molecule has 2 amide bonds. The first-order chi connectivity index (χ1) is 16.5. The molecule has 0 atom stereocenters. The van der Waals surface area contributed by atoms with E-state index in [4.69, 9.17) is 0 Å². The molecule has 0 radical (unpaired) electrons. The molecule has 8 heteroatoms. The number of aryl methyl sites for hydroxylation is 1. The molecule has 0 aliphatic carbocycles.